The number of benzene rings is 2. The van der Waals surface area contributed by atoms with Gasteiger partial charge in [-0.3, -0.25) is 0 Å². The molecule has 4 unspecified atom stereocenters. The van der Waals surface area contributed by atoms with Crippen LogP contribution in [0.25, 0.3) is 0 Å². The lowest BCUT2D eigenvalue weighted by molar-refractivity contribution is -0.179. The SMILES string of the molecule is OCC1CC(O)C(O)C(c2ccc(Cl)c(Cc3ccc(N4CCOCC4)cc3)c2)O1. The van der Waals surface area contributed by atoms with Crippen molar-refractivity contribution < 1.29 is 24.8 Å². The quantitative estimate of drug-likeness (QED) is 0.671. The number of morpholine rings is 1. The predicted octanol–water partition coefficient (Wildman–Crippen LogP) is 2.31. The number of hydrogen-bond donors (Lipinski definition) is 3. The minimum absolute atomic E-state index is 0.198. The first-order valence-electron chi connectivity index (χ1n) is 10.4. The van der Waals surface area contributed by atoms with Crippen molar-refractivity contribution in [3.8, 4) is 0 Å². The van der Waals surface area contributed by atoms with E-state index >= 15 is 0 Å². The maximum absolute atomic E-state index is 10.4. The molecule has 2 aromatic carbocycles. The van der Waals surface area contributed by atoms with E-state index in [4.69, 9.17) is 21.1 Å². The van der Waals surface area contributed by atoms with Gasteiger partial charge in [0.25, 0.3) is 0 Å². The zero-order valence-electron chi connectivity index (χ0n) is 16.8. The van der Waals surface area contributed by atoms with Gasteiger partial charge in [0.15, 0.2) is 0 Å². The Kier molecular flexibility index (Phi) is 6.93. The molecule has 0 spiro atoms. The van der Waals surface area contributed by atoms with E-state index < -0.39 is 24.4 Å². The van der Waals surface area contributed by atoms with Gasteiger partial charge in [-0.2, -0.15) is 0 Å². The van der Waals surface area contributed by atoms with Crippen molar-refractivity contribution in [1.29, 1.82) is 0 Å². The fourth-order valence-corrected chi connectivity index (χ4v) is 4.30. The molecule has 0 aliphatic carbocycles. The zero-order valence-corrected chi connectivity index (χ0v) is 17.5. The molecule has 2 aromatic rings. The summed E-state index contributed by atoms with van der Waals surface area (Å²) >= 11 is 6.44. The molecule has 0 aromatic heterocycles. The monoisotopic (exact) mass is 433 g/mol. The molecule has 6 nitrogen and oxygen atoms in total. The van der Waals surface area contributed by atoms with Gasteiger partial charge in [0.05, 0.1) is 32.0 Å². The first-order valence-corrected chi connectivity index (χ1v) is 10.8. The van der Waals surface area contributed by atoms with Crippen LogP contribution in [0.1, 0.15) is 29.2 Å². The summed E-state index contributed by atoms with van der Waals surface area (Å²) in [5.74, 6) is 0. The van der Waals surface area contributed by atoms with Gasteiger partial charge in [0.2, 0.25) is 0 Å². The van der Waals surface area contributed by atoms with Crippen LogP contribution in [0, 0.1) is 0 Å². The topological polar surface area (TPSA) is 82.4 Å². The van der Waals surface area contributed by atoms with Crippen LogP contribution in [0.4, 0.5) is 5.69 Å². The van der Waals surface area contributed by atoms with E-state index in [0.29, 0.717) is 11.4 Å². The molecule has 2 aliphatic rings. The average Bonchev–Trinajstić information content (AvgIpc) is 2.78. The van der Waals surface area contributed by atoms with Crippen LogP contribution in [0.3, 0.4) is 0 Å². The summed E-state index contributed by atoms with van der Waals surface area (Å²) in [6, 6.07) is 13.9. The van der Waals surface area contributed by atoms with Crippen LogP contribution in [-0.2, 0) is 15.9 Å². The van der Waals surface area contributed by atoms with Crippen LogP contribution in [0.2, 0.25) is 5.02 Å². The second kappa shape index (κ2) is 9.64. The normalized spacial score (nSPS) is 27.3. The Morgan fingerprint density at radius 2 is 1.77 bits per heavy atom. The molecule has 4 atom stereocenters. The van der Waals surface area contributed by atoms with Crippen LogP contribution < -0.4 is 4.90 Å². The fourth-order valence-electron chi connectivity index (χ4n) is 4.12. The Hall–Kier alpha value is -1.67. The van der Waals surface area contributed by atoms with Crippen LogP contribution in [-0.4, -0.2) is 66.5 Å². The highest BCUT2D eigenvalue weighted by Crippen LogP contribution is 2.34. The first-order chi connectivity index (χ1) is 14.5. The van der Waals surface area contributed by atoms with Gasteiger partial charge >= 0.3 is 0 Å². The lowest BCUT2D eigenvalue weighted by Crippen LogP contribution is -2.44. The van der Waals surface area contributed by atoms with E-state index in [-0.39, 0.29) is 13.0 Å². The van der Waals surface area contributed by atoms with E-state index in [0.717, 1.165) is 43.0 Å². The van der Waals surface area contributed by atoms with E-state index in [9.17, 15) is 15.3 Å². The maximum atomic E-state index is 10.4. The summed E-state index contributed by atoms with van der Waals surface area (Å²) in [6.07, 6.45) is -2.33. The van der Waals surface area contributed by atoms with Crippen LogP contribution in [0.5, 0.6) is 0 Å². The van der Waals surface area contributed by atoms with E-state index in [1.54, 1.807) is 12.1 Å². The molecular formula is C23H28ClNO5. The fraction of sp³-hybridized carbons (Fsp3) is 0.478. The van der Waals surface area contributed by atoms with Crippen molar-refractivity contribution in [2.24, 2.45) is 0 Å². The first kappa shape index (κ1) is 21.6. The molecule has 7 heteroatoms. The van der Waals surface area contributed by atoms with Crippen molar-refractivity contribution in [3.63, 3.8) is 0 Å². The standard InChI is InChI=1S/C23H28ClNO5/c24-20-6-3-16(23-22(28)21(27)13-19(14-26)30-23)12-17(20)11-15-1-4-18(5-2-15)25-7-9-29-10-8-25/h1-6,12,19,21-23,26-28H,7-11,13-14H2. The molecule has 162 valence electrons. The third-order valence-corrected chi connectivity index (χ3v) is 6.23. The van der Waals surface area contributed by atoms with E-state index in [1.165, 1.54) is 5.69 Å². The molecule has 30 heavy (non-hydrogen) atoms. The summed E-state index contributed by atoms with van der Waals surface area (Å²) < 4.78 is 11.2. The molecule has 0 amide bonds. The van der Waals surface area contributed by atoms with Crippen molar-refractivity contribution in [2.75, 3.05) is 37.8 Å². The van der Waals surface area contributed by atoms with Gasteiger partial charge in [0.1, 0.15) is 12.2 Å². The highest BCUT2D eigenvalue weighted by Gasteiger charge is 2.37. The molecule has 3 N–H and O–H groups in total. The molecule has 0 radical (unpaired) electrons. The number of aliphatic hydroxyl groups is 3. The molecule has 2 saturated heterocycles. The van der Waals surface area contributed by atoms with Crippen LogP contribution >= 0.6 is 11.6 Å². The molecule has 0 bridgehead atoms. The van der Waals surface area contributed by atoms with Crippen molar-refractivity contribution in [2.45, 2.75) is 37.3 Å². The number of hydrogen-bond acceptors (Lipinski definition) is 6. The Labute approximate surface area is 181 Å². The third kappa shape index (κ3) is 4.80. The summed E-state index contributed by atoms with van der Waals surface area (Å²) in [5, 5.41) is 30.6. The van der Waals surface area contributed by atoms with Gasteiger partial charge in [-0.05, 0) is 41.3 Å². The molecule has 2 aliphatic heterocycles. The van der Waals surface area contributed by atoms with Gasteiger partial charge in [-0.25, -0.2) is 0 Å². The van der Waals surface area contributed by atoms with Crippen molar-refractivity contribution >= 4 is 17.3 Å². The lowest BCUT2D eigenvalue weighted by Gasteiger charge is -2.37. The smallest absolute Gasteiger partial charge is 0.111 e. The highest BCUT2D eigenvalue weighted by molar-refractivity contribution is 6.31. The number of halogens is 1. The Balaban J connectivity index is 1.50. The molecule has 2 heterocycles. The summed E-state index contributed by atoms with van der Waals surface area (Å²) in [7, 11) is 0. The van der Waals surface area contributed by atoms with Crippen molar-refractivity contribution in [3.05, 3.63) is 64.2 Å². The Bertz CT molecular complexity index is 840. The molecule has 0 saturated carbocycles. The summed E-state index contributed by atoms with van der Waals surface area (Å²) in [6.45, 7) is 3.11. The second-order valence-electron chi connectivity index (χ2n) is 7.95. The number of anilines is 1. The Morgan fingerprint density at radius 3 is 2.47 bits per heavy atom. The van der Waals surface area contributed by atoms with Gasteiger partial charge in [-0.15, -0.1) is 0 Å². The number of aliphatic hydroxyl groups excluding tert-OH is 3. The number of nitrogens with zero attached hydrogens (tertiary/aromatic N) is 1. The minimum Gasteiger partial charge on any atom is -0.394 e. The van der Waals surface area contributed by atoms with Gasteiger partial charge in [0, 0.05) is 30.2 Å². The maximum Gasteiger partial charge on any atom is 0.111 e. The third-order valence-electron chi connectivity index (χ3n) is 5.86. The average molecular weight is 434 g/mol. The predicted molar refractivity (Wildman–Crippen MR) is 115 cm³/mol. The minimum atomic E-state index is -1.05. The lowest BCUT2D eigenvalue weighted by atomic mass is 9.91. The largest absolute Gasteiger partial charge is 0.394 e. The van der Waals surface area contributed by atoms with Gasteiger partial charge < -0.3 is 29.7 Å². The summed E-state index contributed by atoms with van der Waals surface area (Å²) in [5.41, 5.74) is 3.97. The Morgan fingerprint density at radius 1 is 1.03 bits per heavy atom. The molecule has 4 rings (SSSR count). The van der Waals surface area contributed by atoms with Crippen LogP contribution in [0.15, 0.2) is 42.5 Å². The van der Waals surface area contributed by atoms with E-state index in [1.807, 2.05) is 6.07 Å². The zero-order chi connectivity index (χ0) is 21.1. The number of rotatable bonds is 5. The summed E-state index contributed by atoms with van der Waals surface area (Å²) in [4.78, 5) is 2.31. The van der Waals surface area contributed by atoms with Crippen molar-refractivity contribution in [1.82, 2.24) is 0 Å². The number of ether oxygens (including phenoxy) is 2. The molecule has 2 fully saturated rings. The second-order valence-corrected chi connectivity index (χ2v) is 8.36. The van der Waals surface area contributed by atoms with Gasteiger partial charge in [-0.1, -0.05) is 35.9 Å². The molecular weight excluding hydrogens is 406 g/mol. The van der Waals surface area contributed by atoms with E-state index in [2.05, 4.69) is 29.2 Å². The highest BCUT2D eigenvalue weighted by atomic mass is 35.5.